The maximum atomic E-state index is 10.3. The number of hydrogen-bond acceptors (Lipinski definition) is 8. The van der Waals surface area contributed by atoms with E-state index >= 15 is 0 Å². The van der Waals surface area contributed by atoms with Gasteiger partial charge >= 0.3 is 59.1 Å². The van der Waals surface area contributed by atoms with Gasteiger partial charge in [0.1, 0.15) is 0 Å². The molecule has 20 heavy (non-hydrogen) atoms. The fourth-order valence-electron chi connectivity index (χ4n) is 1.10. The molecule has 0 amide bonds. The Morgan fingerprint density at radius 3 is 1.20 bits per heavy atom. The van der Waals surface area contributed by atoms with Crippen LogP contribution in [0, 0.1) is 0 Å². The number of rotatable bonds is 9. The monoisotopic (exact) mass is 378 g/mol. The second-order valence-electron chi connectivity index (χ2n) is 3.58. The van der Waals surface area contributed by atoms with Crippen LogP contribution in [0.5, 0.6) is 0 Å². The molecule has 6 nitrogen and oxygen atoms in total. The van der Waals surface area contributed by atoms with Crippen LogP contribution < -0.4 is 59.1 Å². The molecular formula is C8H12Na2O6S4. The van der Waals surface area contributed by atoms with Crippen molar-refractivity contribution in [3.63, 3.8) is 0 Å². The molecule has 0 aromatic heterocycles. The summed E-state index contributed by atoms with van der Waals surface area (Å²) in [5.41, 5.74) is 0. The third-order valence-electron chi connectivity index (χ3n) is 1.91. The Labute approximate surface area is 174 Å². The summed E-state index contributed by atoms with van der Waals surface area (Å²) >= 11 is 9.81. The van der Waals surface area contributed by atoms with Crippen LogP contribution in [-0.2, 0) is 20.2 Å². The van der Waals surface area contributed by atoms with Gasteiger partial charge in [-0.15, -0.1) is 0 Å². The second-order valence-corrected chi connectivity index (χ2v) is 7.61. The summed E-state index contributed by atoms with van der Waals surface area (Å²) in [6.45, 7) is 0. The second kappa shape index (κ2) is 12.4. The van der Waals surface area contributed by atoms with Gasteiger partial charge in [-0.3, -0.25) is 0 Å². The van der Waals surface area contributed by atoms with Crippen molar-refractivity contribution in [1.82, 2.24) is 0 Å². The molecule has 12 heteroatoms. The normalized spacial score (nSPS) is 11.1. The van der Waals surface area contributed by atoms with E-state index in [1.165, 1.54) is 0 Å². The van der Waals surface area contributed by atoms with E-state index in [-0.39, 0.29) is 84.8 Å². The molecule has 0 atom stereocenters. The van der Waals surface area contributed by atoms with Gasteiger partial charge in [0.25, 0.3) is 0 Å². The average molecular weight is 378 g/mol. The van der Waals surface area contributed by atoms with Gasteiger partial charge in [-0.05, 0) is 25.7 Å². The summed E-state index contributed by atoms with van der Waals surface area (Å²) in [6, 6.07) is 0. The fraction of sp³-hybridized carbons (Fsp3) is 0.750. The van der Waals surface area contributed by atoms with Crippen LogP contribution >= 0.6 is 24.4 Å². The number of thiocarbonyl (C=S) groups is 2. The van der Waals surface area contributed by atoms with Crippen molar-refractivity contribution in [3.8, 4) is 0 Å². The molecule has 0 bridgehead atoms. The Morgan fingerprint density at radius 2 is 1.00 bits per heavy atom. The van der Waals surface area contributed by atoms with E-state index < -0.39 is 31.7 Å². The zero-order valence-electron chi connectivity index (χ0n) is 11.3. The third kappa shape index (κ3) is 18.1. The topological polar surface area (TPSA) is 114 Å². The van der Waals surface area contributed by atoms with Crippen molar-refractivity contribution in [2.75, 3.05) is 11.5 Å². The molecule has 0 heterocycles. The summed E-state index contributed by atoms with van der Waals surface area (Å²) in [4.78, 5) is 0.661. The Morgan fingerprint density at radius 1 is 0.750 bits per heavy atom. The first-order chi connectivity index (χ1) is 8.01. The maximum absolute atomic E-state index is 10.3. The van der Waals surface area contributed by atoms with Crippen molar-refractivity contribution in [2.24, 2.45) is 0 Å². The first kappa shape index (κ1) is 26.9. The first-order valence-electron chi connectivity index (χ1n) is 4.94. The van der Waals surface area contributed by atoms with E-state index in [1.54, 1.807) is 0 Å². The van der Waals surface area contributed by atoms with Crippen molar-refractivity contribution < 1.29 is 85.1 Å². The van der Waals surface area contributed by atoms with Crippen LogP contribution in [0.1, 0.15) is 25.7 Å². The van der Waals surface area contributed by atoms with E-state index in [9.17, 15) is 25.9 Å². The molecule has 0 aromatic carbocycles. The van der Waals surface area contributed by atoms with Crippen LogP contribution in [0.2, 0.25) is 0 Å². The van der Waals surface area contributed by atoms with Crippen molar-refractivity contribution >= 4 is 54.4 Å². The fourth-order valence-corrected chi connectivity index (χ4v) is 2.59. The zero-order chi connectivity index (χ0) is 14.4. The van der Waals surface area contributed by atoms with Crippen molar-refractivity contribution in [2.45, 2.75) is 25.7 Å². The van der Waals surface area contributed by atoms with Crippen LogP contribution in [0.15, 0.2) is 0 Å². The van der Waals surface area contributed by atoms with E-state index in [0.29, 0.717) is 9.73 Å². The zero-order valence-corrected chi connectivity index (χ0v) is 18.6. The molecule has 0 N–H and O–H groups in total. The molecule has 0 radical (unpaired) electrons. The Hall–Kier alpha value is 2.00. The molecule has 0 rings (SSSR count). The summed E-state index contributed by atoms with van der Waals surface area (Å²) in [5.74, 6) is -1.02. The molecule has 0 aliphatic carbocycles. The van der Waals surface area contributed by atoms with E-state index in [2.05, 4.69) is 0 Å². The summed E-state index contributed by atoms with van der Waals surface area (Å²) in [7, 11) is -8.51. The van der Waals surface area contributed by atoms with Gasteiger partial charge in [-0.25, -0.2) is 16.8 Å². The maximum Gasteiger partial charge on any atom is 1.00 e. The van der Waals surface area contributed by atoms with Crippen molar-refractivity contribution in [3.05, 3.63) is 0 Å². The van der Waals surface area contributed by atoms with Crippen LogP contribution in [-0.4, -0.2) is 47.2 Å². The smallest absolute Gasteiger partial charge is 0.748 e. The minimum absolute atomic E-state index is 0. The molecule has 0 aliphatic rings. The van der Waals surface area contributed by atoms with Gasteiger partial charge in [-0.2, -0.15) is 0 Å². The molecule has 0 aromatic rings. The van der Waals surface area contributed by atoms with Gasteiger partial charge in [0.2, 0.25) is 0 Å². The van der Waals surface area contributed by atoms with Crippen LogP contribution in [0.25, 0.3) is 0 Å². The summed E-state index contributed by atoms with van der Waals surface area (Å²) in [5, 5.41) is 0. The molecule has 0 saturated heterocycles. The van der Waals surface area contributed by atoms with Crippen LogP contribution in [0.4, 0.5) is 0 Å². The van der Waals surface area contributed by atoms with Crippen molar-refractivity contribution in [1.29, 1.82) is 0 Å². The molecule has 0 spiro atoms. The minimum atomic E-state index is -4.26. The Kier molecular flexibility index (Phi) is 16.7. The van der Waals surface area contributed by atoms with E-state index in [4.69, 9.17) is 24.4 Å². The molecule has 0 unspecified atom stereocenters. The Bertz CT molecular complexity index is 465. The molecular weight excluding hydrogens is 366 g/mol. The first-order valence-corrected chi connectivity index (χ1v) is 8.91. The summed E-state index contributed by atoms with van der Waals surface area (Å²) < 4.78 is 62.0. The third-order valence-corrected chi connectivity index (χ3v) is 4.51. The standard InChI is InChI=1S/C8H14O6S4.2Na/c9-17(10,11)5-1-3-7(15)8(16)4-2-6-18(12,13)14;;/h1-6H2,(H,9,10,11)(H,12,13,14);;/q;2*+1/p-2. The molecule has 0 fully saturated rings. The van der Waals surface area contributed by atoms with Gasteiger partial charge in [0, 0.05) is 21.2 Å². The SMILES string of the molecule is O=S(=O)([O-])CCCC(=S)C(=S)CCCS(=O)(=O)[O-].[Na+].[Na+]. The summed E-state index contributed by atoms with van der Waals surface area (Å²) in [6.07, 6.45) is 0.564. The predicted octanol–water partition coefficient (Wildman–Crippen LogP) is -5.61. The van der Waals surface area contributed by atoms with Gasteiger partial charge in [0.15, 0.2) is 0 Å². The largest absolute Gasteiger partial charge is 1.00 e. The Balaban J connectivity index is -0.00000144. The predicted molar refractivity (Wildman–Crippen MR) is 72.8 cm³/mol. The van der Waals surface area contributed by atoms with Gasteiger partial charge in [-0.1, -0.05) is 24.4 Å². The number of hydrogen-bond donors (Lipinski definition) is 0. The van der Waals surface area contributed by atoms with Gasteiger partial charge in [0.05, 0.1) is 20.2 Å². The van der Waals surface area contributed by atoms with Gasteiger partial charge < -0.3 is 9.11 Å². The van der Waals surface area contributed by atoms with E-state index in [0.717, 1.165) is 0 Å². The average Bonchev–Trinajstić information content (AvgIpc) is 2.13. The van der Waals surface area contributed by atoms with E-state index in [1.807, 2.05) is 0 Å². The quantitative estimate of drug-likeness (QED) is 0.222. The minimum Gasteiger partial charge on any atom is -0.748 e. The molecule has 0 saturated carbocycles. The molecule has 106 valence electrons. The molecule has 0 aliphatic heterocycles. The van der Waals surface area contributed by atoms with Crippen LogP contribution in [0.3, 0.4) is 0 Å².